The van der Waals surface area contributed by atoms with Crippen LogP contribution in [0, 0.1) is 0 Å². The summed E-state index contributed by atoms with van der Waals surface area (Å²) in [6.45, 7) is 1.76. The van der Waals surface area contributed by atoms with Crippen LogP contribution in [0.1, 0.15) is 12.8 Å². The van der Waals surface area contributed by atoms with Crippen molar-refractivity contribution in [3.8, 4) is 0 Å². The highest BCUT2D eigenvalue weighted by atomic mass is 32.2. The SMILES string of the molecule is COCCSCCCCSCCOC. The van der Waals surface area contributed by atoms with E-state index in [1.54, 1.807) is 14.2 Å². The Balaban J connectivity index is 2.78. The van der Waals surface area contributed by atoms with Crippen LogP contribution in [0.4, 0.5) is 0 Å². The fraction of sp³-hybridized carbons (Fsp3) is 1.00. The topological polar surface area (TPSA) is 18.5 Å². The molecule has 0 saturated carbocycles. The molecule has 0 unspecified atom stereocenters. The van der Waals surface area contributed by atoms with E-state index in [0.29, 0.717) is 0 Å². The van der Waals surface area contributed by atoms with Crippen LogP contribution in [0.25, 0.3) is 0 Å². The predicted octanol–water partition coefficient (Wildman–Crippen LogP) is 2.53. The molecular weight excluding hydrogens is 216 g/mol. The number of unbranched alkanes of at least 4 members (excludes halogenated alkanes) is 1. The van der Waals surface area contributed by atoms with E-state index < -0.39 is 0 Å². The summed E-state index contributed by atoms with van der Waals surface area (Å²) >= 11 is 3.97. The van der Waals surface area contributed by atoms with Crippen LogP contribution < -0.4 is 0 Å². The molecule has 0 N–H and O–H groups in total. The Kier molecular flexibility index (Phi) is 14.2. The quantitative estimate of drug-likeness (QED) is 0.515. The first-order chi connectivity index (χ1) is 6.91. The highest BCUT2D eigenvalue weighted by Gasteiger charge is 1.91. The molecule has 0 spiro atoms. The second-order valence-corrected chi connectivity index (χ2v) is 5.37. The minimum Gasteiger partial charge on any atom is -0.384 e. The smallest absolute Gasteiger partial charge is 0.0552 e. The third-order valence-electron chi connectivity index (χ3n) is 1.69. The Bertz CT molecular complexity index is 90.1. The molecular formula is C10H22O2S2. The van der Waals surface area contributed by atoms with E-state index in [-0.39, 0.29) is 0 Å². The molecule has 14 heavy (non-hydrogen) atoms. The fourth-order valence-corrected chi connectivity index (χ4v) is 2.69. The van der Waals surface area contributed by atoms with E-state index in [1.165, 1.54) is 24.3 Å². The third kappa shape index (κ3) is 12.6. The molecule has 0 fully saturated rings. The normalized spacial score (nSPS) is 10.7. The Labute approximate surface area is 96.5 Å². The average molecular weight is 238 g/mol. The van der Waals surface area contributed by atoms with Gasteiger partial charge >= 0.3 is 0 Å². The Morgan fingerprint density at radius 1 is 0.714 bits per heavy atom. The van der Waals surface area contributed by atoms with Crippen molar-refractivity contribution in [3.05, 3.63) is 0 Å². The van der Waals surface area contributed by atoms with Gasteiger partial charge in [0, 0.05) is 25.7 Å². The molecule has 0 aromatic carbocycles. The van der Waals surface area contributed by atoms with Crippen LogP contribution in [0.3, 0.4) is 0 Å². The van der Waals surface area contributed by atoms with Gasteiger partial charge < -0.3 is 9.47 Å². The van der Waals surface area contributed by atoms with Crippen molar-refractivity contribution in [2.75, 3.05) is 50.4 Å². The van der Waals surface area contributed by atoms with Crippen LogP contribution in [-0.2, 0) is 9.47 Å². The fourth-order valence-electron chi connectivity index (χ4n) is 0.897. The summed E-state index contributed by atoms with van der Waals surface area (Å²) in [6, 6.07) is 0. The minimum absolute atomic E-state index is 0.882. The Morgan fingerprint density at radius 2 is 1.14 bits per heavy atom. The first kappa shape index (κ1) is 14.6. The zero-order valence-corrected chi connectivity index (χ0v) is 10.9. The lowest BCUT2D eigenvalue weighted by molar-refractivity contribution is 0.218. The van der Waals surface area contributed by atoms with Gasteiger partial charge in [0.15, 0.2) is 0 Å². The summed E-state index contributed by atoms with van der Waals surface area (Å²) in [6.07, 6.45) is 2.66. The zero-order chi connectivity index (χ0) is 10.5. The maximum Gasteiger partial charge on any atom is 0.0552 e. The van der Waals surface area contributed by atoms with Crippen molar-refractivity contribution in [3.63, 3.8) is 0 Å². The van der Waals surface area contributed by atoms with Gasteiger partial charge in [-0.25, -0.2) is 0 Å². The molecule has 0 radical (unpaired) electrons. The van der Waals surface area contributed by atoms with Crippen LogP contribution in [0.5, 0.6) is 0 Å². The molecule has 0 rings (SSSR count). The first-order valence-corrected chi connectivity index (χ1v) is 7.36. The van der Waals surface area contributed by atoms with E-state index in [2.05, 4.69) is 0 Å². The van der Waals surface area contributed by atoms with E-state index in [9.17, 15) is 0 Å². The lowest BCUT2D eigenvalue weighted by Gasteiger charge is -2.01. The van der Waals surface area contributed by atoms with Crippen LogP contribution in [0.15, 0.2) is 0 Å². The minimum atomic E-state index is 0.882. The van der Waals surface area contributed by atoms with Crippen LogP contribution in [-0.4, -0.2) is 50.4 Å². The third-order valence-corrected chi connectivity index (χ3v) is 3.76. The average Bonchev–Trinajstić information content (AvgIpc) is 2.21. The molecule has 4 heteroatoms. The molecule has 0 aliphatic heterocycles. The first-order valence-electron chi connectivity index (χ1n) is 5.05. The highest BCUT2D eigenvalue weighted by Crippen LogP contribution is 2.08. The van der Waals surface area contributed by atoms with Crippen molar-refractivity contribution >= 4 is 23.5 Å². The molecule has 86 valence electrons. The zero-order valence-electron chi connectivity index (χ0n) is 9.29. The summed E-state index contributed by atoms with van der Waals surface area (Å²) in [5, 5.41) is 0. The van der Waals surface area contributed by atoms with Crippen LogP contribution in [0.2, 0.25) is 0 Å². The highest BCUT2D eigenvalue weighted by molar-refractivity contribution is 7.99. The summed E-state index contributed by atoms with van der Waals surface area (Å²) in [7, 11) is 3.51. The second-order valence-electron chi connectivity index (χ2n) is 2.92. The van der Waals surface area contributed by atoms with Crippen LogP contribution >= 0.6 is 23.5 Å². The number of hydrogen-bond donors (Lipinski definition) is 0. The van der Waals surface area contributed by atoms with E-state index in [0.717, 1.165) is 24.7 Å². The van der Waals surface area contributed by atoms with Gasteiger partial charge in [-0.15, -0.1) is 0 Å². The Hall–Kier alpha value is 0.620. The van der Waals surface area contributed by atoms with E-state index >= 15 is 0 Å². The molecule has 0 saturated heterocycles. The molecule has 0 aromatic heterocycles. The van der Waals surface area contributed by atoms with Crippen molar-refractivity contribution < 1.29 is 9.47 Å². The van der Waals surface area contributed by atoms with Crippen molar-refractivity contribution in [2.45, 2.75) is 12.8 Å². The predicted molar refractivity (Wildman–Crippen MR) is 67.6 cm³/mol. The molecule has 0 atom stereocenters. The lowest BCUT2D eigenvalue weighted by atomic mass is 10.4. The summed E-state index contributed by atoms with van der Waals surface area (Å²) < 4.78 is 9.95. The molecule has 0 aromatic rings. The van der Waals surface area contributed by atoms with Crippen molar-refractivity contribution in [1.29, 1.82) is 0 Å². The number of hydrogen-bond acceptors (Lipinski definition) is 4. The molecule has 0 amide bonds. The maximum absolute atomic E-state index is 4.97. The second kappa shape index (κ2) is 13.6. The molecule has 0 aliphatic rings. The van der Waals surface area contributed by atoms with Gasteiger partial charge in [0.25, 0.3) is 0 Å². The summed E-state index contributed by atoms with van der Waals surface area (Å²) in [5.41, 5.74) is 0. The number of rotatable bonds is 11. The standard InChI is InChI=1S/C10H22O2S2/c1-11-5-9-13-7-3-4-8-14-10-6-12-2/h3-10H2,1-2H3. The molecule has 2 nitrogen and oxygen atoms in total. The van der Waals surface area contributed by atoms with Gasteiger partial charge in [-0.2, -0.15) is 23.5 Å². The molecule has 0 heterocycles. The van der Waals surface area contributed by atoms with Crippen molar-refractivity contribution in [1.82, 2.24) is 0 Å². The number of thioether (sulfide) groups is 2. The number of methoxy groups -OCH3 is 2. The van der Waals surface area contributed by atoms with Gasteiger partial charge in [-0.1, -0.05) is 0 Å². The summed E-state index contributed by atoms with van der Waals surface area (Å²) in [4.78, 5) is 0. The monoisotopic (exact) mass is 238 g/mol. The van der Waals surface area contributed by atoms with Gasteiger partial charge in [-0.3, -0.25) is 0 Å². The van der Waals surface area contributed by atoms with Gasteiger partial charge in [0.2, 0.25) is 0 Å². The van der Waals surface area contributed by atoms with E-state index in [1.807, 2.05) is 23.5 Å². The molecule has 0 bridgehead atoms. The Morgan fingerprint density at radius 3 is 1.50 bits per heavy atom. The largest absolute Gasteiger partial charge is 0.384 e. The molecule has 0 aliphatic carbocycles. The van der Waals surface area contributed by atoms with Crippen molar-refractivity contribution in [2.24, 2.45) is 0 Å². The maximum atomic E-state index is 4.97. The van der Waals surface area contributed by atoms with Gasteiger partial charge in [-0.05, 0) is 24.3 Å². The summed E-state index contributed by atoms with van der Waals surface area (Å²) in [5.74, 6) is 4.81. The lowest BCUT2D eigenvalue weighted by Crippen LogP contribution is -1.95. The van der Waals surface area contributed by atoms with Gasteiger partial charge in [0.05, 0.1) is 13.2 Å². The van der Waals surface area contributed by atoms with E-state index in [4.69, 9.17) is 9.47 Å². The number of ether oxygens (including phenoxy) is 2. The van der Waals surface area contributed by atoms with Gasteiger partial charge in [0.1, 0.15) is 0 Å².